The van der Waals surface area contributed by atoms with Gasteiger partial charge in [0.05, 0.1) is 11.4 Å². The maximum absolute atomic E-state index is 4.35. The van der Waals surface area contributed by atoms with Crippen molar-refractivity contribution in [2.24, 2.45) is 0 Å². The van der Waals surface area contributed by atoms with E-state index in [9.17, 15) is 0 Å². The van der Waals surface area contributed by atoms with Crippen LogP contribution in [0.3, 0.4) is 0 Å². The van der Waals surface area contributed by atoms with Gasteiger partial charge in [0, 0.05) is 20.1 Å². The van der Waals surface area contributed by atoms with Gasteiger partial charge in [-0.2, -0.15) is 5.10 Å². The molecule has 5 heteroatoms. The topological polar surface area (TPSA) is 53.9 Å². The number of rotatable bonds is 4. The van der Waals surface area contributed by atoms with Crippen LogP contribution in [0.5, 0.6) is 0 Å². The van der Waals surface area contributed by atoms with E-state index < -0.39 is 0 Å². The zero-order valence-corrected chi connectivity index (χ0v) is 9.20. The SMILES string of the molecule is CNCCN(C)c1nnc(C)c(C)n1. The summed E-state index contributed by atoms with van der Waals surface area (Å²) in [6.45, 7) is 5.64. The van der Waals surface area contributed by atoms with Crippen LogP contribution in [0.1, 0.15) is 11.4 Å². The molecule has 0 spiro atoms. The van der Waals surface area contributed by atoms with Crippen molar-refractivity contribution in [3.63, 3.8) is 0 Å². The van der Waals surface area contributed by atoms with Crippen molar-refractivity contribution >= 4 is 5.95 Å². The van der Waals surface area contributed by atoms with Gasteiger partial charge in [0.1, 0.15) is 0 Å². The van der Waals surface area contributed by atoms with E-state index in [2.05, 4.69) is 20.5 Å². The monoisotopic (exact) mass is 195 g/mol. The van der Waals surface area contributed by atoms with E-state index in [1.54, 1.807) is 0 Å². The van der Waals surface area contributed by atoms with Gasteiger partial charge in [0.2, 0.25) is 5.95 Å². The van der Waals surface area contributed by atoms with Crippen molar-refractivity contribution < 1.29 is 0 Å². The Morgan fingerprint density at radius 3 is 2.50 bits per heavy atom. The Morgan fingerprint density at radius 1 is 1.21 bits per heavy atom. The molecule has 1 heterocycles. The van der Waals surface area contributed by atoms with E-state index in [0.29, 0.717) is 5.95 Å². The third-order valence-electron chi connectivity index (χ3n) is 2.12. The highest BCUT2D eigenvalue weighted by Gasteiger charge is 2.05. The molecule has 5 nitrogen and oxygen atoms in total. The number of anilines is 1. The van der Waals surface area contributed by atoms with Crippen LogP contribution in [0.4, 0.5) is 5.95 Å². The third kappa shape index (κ3) is 2.63. The Hall–Kier alpha value is -1.23. The lowest BCUT2D eigenvalue weighted by Gasteiger charge is -2.16. The molecule has 0 fully saturated rings. The highest BCUT2D eigenvalue weighted by molar-refractivity contribution is 5.28. The summed E-state index contributed by atoms with van der Waals surface area (Å²) in [5.74, 6) is 0.684. The molecule has 0 unspecified atom stereocenters. The van der Waals surface area contributed by atoms with Crippen LogP contribution >= 0.6 is 0 Å². The summed E-state index contributed by atoms with van der Waals surface area (Å²) in [6.07, 6.45) is 0. The summed E-state index contributed by atoms with van der Waals surface area (Å²) >= 11 is 0. The molecular formula is C9H17N5. The molecule has 0 atom stereocenters. The quantitative estimate of drug-likeness (QED) is 0.741. The summed E-state index contributed by atoms with van der Waals surface area (Å²) in [6, 6.07) is 0. The number of aryl methyl sites for hydroxylation is 2. The number of likely N-dealkylation sites (N-methyl/N-ethyl adjacent to an activating group) is 2. The fourth-order valence-corrected chi connectivity index (χ4v) is 0.987. The Morgan fingerprint density at radius 2 is 1.93 bits per heavy atom. The van der Waals surface area contributed by atoms with E-state index in [1.165, 1.54) is 0 Å². The molecule has 1 aromatic rings. The van der Waals surface area contributed by atoms with Crippen LogP contribution < -0.4 is 10.2 Å². The Labute approximate surface area is 84.6 Å². The van der Waals surface area contributed by atoms with E-state index in [4.69, 9.17) is 0 Å². The first-order valence-corrected chi connectivity index (χ1v) is 4.69. The molecule has 0 aromatic carbocycles. The maximum Gasteiger partial charge on any atom is 0.245 e. The fraction of sp³-hybridized carbons (Fsp3) is 0.667. The standard InChI is InChI=1S/C9H17N5/c1-7-8(2)12-13-9(11-7)14(4)6-5-10-3/h10H,5-6H2,1-4H3. The Bertz CT molecular complexity index is 299. The predicted octanol–water partition coefficient (Wildman–Crippen LogP) is 0.144. The lowest BCUT2D eigenvalue weighted by molar-refractivity contribution is 0.737. The lowest BCUT2D eigenvalue weighted by Crippen LogP contribution is -2.29. The number of nitrogens with zero attached hydrogens (tertiary/aromatic N) is 4. The van der Waals surface area contributed by atoms with Gasteiger partial charge < -0.3 is 10.2 Å². The molecule has 1 N–H and O–H groups in total. The molecule has 0 saturated carbocycles. The van der Waals surface area contributed by atoms with Crippen LogP contribution in [0.25, 0.3) is 0 Å². The minimum Gasteiger partial charge on any atom is -0.341 e. The van der Waals surface area contributed by atoms with E-state index in [-0.39, 0.29) is 0 Å². The van der Waals surface area contributed by atoms with Crippen molar-refractivity contribution in [3.05, 3.63) is 11.4 Å². The average Bonchev–Trinajstić information content (AvgIpc) is 2.18. The number of nitrogens with one attached hydrogen (secondary N) is 1. The smallest absolute Gasteiger partial charge is 0.245 e. The van der Waals surface area contributed by atoms with Crippen LogP contribution in [0.2, 0.25) is 0 Å². The minimum absolute atomic E-state index is 0.684. The van der Waals surface area contributed by atoms with Crippen molar-refractivity contribution in [2.75, 3.05) is 32.1 Å². The lowest BCUT2D eigenvalue weighted by atomic mass is 10.4. The van der Waals surface area contributed by atoms with Gasteiger partial charge in [-0.1, -0.05) is 0 Å². The second kappa shape index (κ2) is 4.85. The van der Waals surface area contributed by atoms with Gasteiger partial charge in [-0.05, 0) is 20.9 Å². The van der Waals surface area contributed by atoms with Gasteiger partial charge >= 0.3 is 0 Å². The fourth-order valence-electron chi connectivity index (χ4n) is 0.987. The van der Waals surface area contributed by atoms with Crippen LogP contribution in [-0.4, -0.2) is 42.4 Å². The van der Waals surface area contributed by atoms with Gasteiger partial charge in [0.25, 0.3) is 0 Å². The number of aromatic nitrogens is 3. The molecule has 0 radical (unpaired) electrons. The zero-order chi connectivity index (χ0) is 10.6. The van der Waals surface area contributed by atoms with Crippen molar-refractivity contribution in [2.45, 2.75) is 13.8 Å². The second-order valence-electron chi connectivity index (χ2n) is 3.31. The molecule has 14 heavy (non-hydrogen) atoms. The molecule has 0 aliphatic carbocycles. The highest BCUT2D eigenvalue weighted by Crippen LogP contribution is 2.05. The summed E-state index contributed by atoms with van der Waals surface area (Å²) in [5, 5.41) is 11.1. The van der Waals surface area contributed by atoms with Crippen molar-refractivity contribution in [3.8, 4) is 0 Å². The number of hydrogen-bond acceptors (Lipinski definition) is 5. The second-order valence-corrected chi connectivity index (χ2v) is 3.31. The largest absolute Gasteiger partial charge is 0.341 e. The Balaban J connectivity index is 2.70. The maximum atomic E-state index is 4.35. The van der Waals surface area contributed by atoms with Crippen molar-refractivity contribution in [1.82, 2.24) is 20.5 Å². The molecule has 0 saturated heterocycles. The summed E-state index contributed by atoms with van der Waals surface area (Å²) in [5.41, 5.74) is 1.82. The molecular weight excluding hydrogens is 178 g/mol. The number of hydrogen-bond donors (Lipinski definition) is 1. The molecule has 0 amide bonds. The van der Waals surface area contributed by atoms with Gasteiger partial charge in [-0.3, -0.25) is 0 Å². The third-order valence-corrected chi connectivity index (χ3v) is 2.12. The molecule has 0 aliphatic rings. The van der Waals surface area contributed by atoms with Crippen LogP contribution in [-0.2, 0) is 0 Å². The molecule has 0 bridgehead atoms. The molecule has 0 aliphatic heterocycles. The van der Waals surface area contributed by atoms with E-state index in [0.717, 1.165) is 24.5 Å². The van der Waals surface area contributed by atoms with Crippen LogP contribution in [0.15, 0.2) is 0 Å². The van der Waals surface area contributed by atoms with Crippen molar-refractivity contribution in [1.29, 1.82) is 0 Å². The molecule has 1 aromatic heterocycles. The first-order valence-electron chi connectivity index (χ1n) is 4.69. The minimum atomic E-state index is 0.684. The summed E-state index contributed by atoms with van der Waals surface area (Å²) in [4.78, 5) is 6.33. The summed E-state index contributed by atoms with van der Waals surface area (Å²) < 4.78 is 0. The summed E-state index contributed by atoms with van der Waals surface area (Å²) in [7, 11) is 3.89. The van der Waals surface area contributed by atoms with Gasteiger partial charge in [-0.15, -0.1) is 5.10 Å². The Kier molecular flexibility index (Phi) is 3.76. The van der Waals surface area contributed by atoms with Gasteiger partial charge in [0.15, 0.2) is 0 Å². The predicted molar refractivity (Wildman–Crippen MR) is 56.5 cm³/mol. The zero-order valence-electron chi connectivity index (χ0n) is 9.20. The van der Waals surface area contributed by atoms with E-state index >= 15 is 0 Å². The molecule has 78 valence electrons. The van der Waals surface area contributed by atoms with E-state index in [1.807, 2.05) is 32.8 Å². The normalized spacial score (nSPS) is 10.3. The average molecular weight is 195 g/mol. The van der Waals surface area contributed by atoms with Crippen LogP contribution in [0, 0.1) is 13.8 Å². The molecule has 1 rings (SSSR count). The highest BCUT2D eigenvalue weighted by atomic mass is 15.3. The van der Waals surface area contributed by atoms with Gasteiger partial charge in [-0.25, -0.2) is 4.98 Å². The first kappa shape index (κ1) is 10.8. The first-order chi connectivity index (χ1) is 6.65.